The SMILES string of the molecule is CC#Cc1cc(C)c(C2C(=O)CC(C3CCN(C(=O)C(F)F)CC3)CC2=O)c(C)c1. The second kappa shape index (κ2) is 9.07. The molecule has 1 aromatic rings. The van der Waals surface area contributed by atoms with Gasteiger partial charge in [0.25, 0.3) is 5.91 Å². The number of piperidine rings is 1. The van der Waals surface area contributed by atoms with Gasteiger partial charge in [0.2, 0.25) is 0 Å². The van der Waals surface area contributed by atoms with Crippen LogP contribution < -0.4 is 0 Å². The van der Waals surface area contributed by atoms with Crippen LogP contribution in [0.25, 0.3) is 0 Å². The third kappa shape index (κ3) is 4.45. The van der Waals surface area contributed by atoms with Crippen LogP contribution in [0.4, 0.5) is 8.78 Å². The summed E-state index contributed by atoms with van der Waals surface area (Å²) >= 11 is 0. The zero-order valence-corrected chi connectivity index (χ0v) is 17.6. The highest BCUT2D eigenvalue weighted by atomic mass is 19.3. The standard InChI is InChI=1S/C24H27F2NO3/c1-4-5-16-10-14(2)21(15(3)11-16)22-19(28)12-18(13-20(22)29)17-6-8-27(9-7-17)24(30)23(25)26/h10-11,17-18,22-23H,6-9,12-13H2,1-3H3. The Labute approximate surface area is 176 Å². The molecule has 1 aliphatic heterocycles. The van der Waals surface area contributed by atoms with Gasteiger partial charge in [-0.1, -0.05) is 5.92 Å². The van der Waals surface area contributed by atoms with Crippen molar-refractivity contribution in [1.29, 1.82) is 0 Å². The fraction of sp³-hybridized carbons (Fsp3) is 0.542. The van der Waals surface area contributed by atoms with Crippen molar-refractivity contribution < 1.29 is 23.2 Å². The molecular weight excluding hydrogens is 388 g/mol. The number of benzene rings is 1. The zero-order chi connectivity index (χ0) is 22.0. The maximum atomic E-state index is 13.0. The Morgan fingerprint density at radius 3 is 2.03 bits per heavy atom. The van der Waals surface area contributed by atoms with Crippen LogP contribution in [0.2, 0.25) is 0 Å². The number of hydrogen-bond acceptors (Lipinski definition) is 3. The van der Waals surface area contributed by atoms with E-state index in [0.29, 0.717) is 25.7 Å². The van der Waals surface area contributed by atoms with Crippen LogP contribution in [-0.2, 0) is 14.4 Å². The van der Waals surface area contributed by atoms with E-state index in [1.54, 1.807) is 6.92 Å². The summed E-state index contributed by atoms with van der Waals surface area (Å²) < 4.78 is 25.2. The monoisotopic (exact) mass is 415 g/mol. The number of aryl methyl sites for hydroxylation is 2. The van der Waals surface area contributed by atoms with Gasteiger partial charge in [0.1, 0.15) is 17.5 Å². The molecule has 1 aromatic carbocycles. The average Bonchev–Trinajstić information content (AvgIpc) is 2.69. The Kier molecular flexibility index (Phi) is 6.70. The molecule has 1 amide bonds. The van der Waals surface area contributed by atoms with E-state index in [-0.39, 0.29) is 36.5 Å². The van der Waals surface area contributed by atoms with Gasteiger partial charge in [-0.15, -0.1) is 5.92 Å². The number of halogens is 2. The van der Waals surface area contributed by atoms with E-state index < -0.39 is 18.3 Å². The minimum atomic E-state index is -2.98. The number of likely N-dealkylation sites (tertiary alicyclic amines) is 1. The number of carbonyl (C=O) groups is 3. The van der Waals surface area contributed by atoms with Gasteiger partial charge in [0.15, 0.2) is 0 Å². The molecule has 30 heavy (non-hydrogen) atoms. The summed E-state index contributed by atoms with van der Waals surface area (Å²) in [5.74, 6) is 3.91. The first-order chi connectivity index (χ1) is 14.2. The number of nitrogens with zero attached hydrogens (tertiary/aromatic N) is 1. The number of alkyl halides is 2. The lowest BCUT2D eigenvalue weighted by atomic mass is 9.69. The van der Waals surface area contributed by atoms with Gasteiger partial charge in [0.05, 0.1) is 0 Å². The summed E-state index contributed by atoms with van der Waals surface area (Å²) in [6.45, 7) is 6.10. The third-order valence-corrected chi connectivity index (χ3v) is 6.43. The van der Waals surface area contributed by atoms with E-state index >= 15 is 0 Å². The average molecular weight is 415 g/mol. The minimum Gasteiger partial charge on any atom is -0.338 e. The quantitative estimate of drug-likeness (QED) is 0.557. The second-order valence-electron chi connectivity index (χ2n) is 8.40. The van der Waals surface area contributed by atoms with Gasteiger partial charge >= 0.3 is 6.43 Å². The Bertz CT molecular complexity index is 879. The maximum Gasteiger partial charge on any atom is 0.315 e. The molecule has 160 valence electrons. The Morgan fingerprint density at radius 1 is 1.03 bits per heavy atom. The van der Waals surface area contributed by atoms with Gasteiger partial charge < -0.3 is 4.90 Å². The molecular formula is C24H27F2NO3. The molecule has 2 fully saturated rings. The Hall–Kier alpha value is -2.55. The smallest absolute Gasteiger partial charge is 0.315 e. The summed E-state index contributed by atoms with van der Waals surface area (Å²) in [5, 5.41) is 0. The molecule has 1 saturated carbocycles. The maximum absolute atomic E-state index is 13.0. The normalized spacial score (nSPS) is 22.8. The van der Waals surface area contributed by atoms with Crippen molar-refractivity contribution in [3.8, 4) is 11.8 Å². The van der Waals surface area contributed by atoms with Crippen LogP contribution in [-0.4, -0.2) is 41.9 Å². The molecule has 0 spiro atoms. The van der Waals surface area contributed by atoms with Crippen molar-refractivity contribution in [2.75, 3.05) is 13.1 Å². The highest BCUT2D eigenvalue weighted by Crippen LogP contribution is 2.40. The van der Waals surface area contributed by atoms with Crippen LogP contribution in [0.1, 0.15) is 60.8 Å². The van der Waals surface area contributed by atoms with Crippen molar-refractivity contribution in [2.45, 2.75) is 58.8 Å². The Morgan fingerprint density at radius 2 is 1.57 bits per heavy atom. The molecule has 0 bridgehead atoms. The number of ketones is 2. The molecule has 0 atom stereocenters. The van der Waals surface area contributed by atoms with Gasteiger partial charge in [0, 0.05) is 31.5 Å². The number of hydrogen-bond donors (Lipinski definition) is 0. The predicted molar refractivity (Wildman–Crippen MR) is 109 cm³/mol. The lowest BCUT2D eigenvalue weighted by Crippen LogP contribution is -2.44. The van der Waals surface area contributed by atoms with E-state index in [4.69, 9.17) is 0 Å². The molecule has 1 heterocycles. The van der Waals surface area contributed by atoms with Crippen molar-refractivity contribution in [3.05, 3.63) is 34.4 Å². The topological polar surface area (TPSA) is 54.5 Å². The van der Waals surface area contributed by atoms with E-state index in [1.807, 2.05) is 26.0 Å². The van der Waals surface area contributed by atoms with E-state index in [9.17, 15) is 23.2 Å². The molecule has 2 aliphatic rings. The number of Topliss-reactive ketones (excluding diaryl/α,β-unsaturated/α-hetero) is 2. The van der Waals surface area contributed by atoms with Crippen molar-refractivity contribution >= 4 is 17.5 Å². The molecule has 1 aliphatic carbocycles. The van der Waals surface area contributed by atoms with Crippen molar-refractivity contribution in [2.24, 2.45) is 11.8 Å². The molecule has 3 rings (SSSR count). The molecule has 0 N–H and O–H groups in total. The summed E-state index contributed by atoms with van der Waals surface area (Å²) in [4.78, 5) is 38.7. The Balaban J connectivity index is 1.71. The van der Waals surface area contributed by atoms with Gasteiger partial charge in [-0.25, -0.2) is 0 Å². The van der Waals surface area contributed by atoms with Gasteiger partial charge in [-0.3, -0.25) is 14.4 Å². The second-order valence-corrected chi connectivity index (χ2v) is 8.40. The van der Waals surface area contributed by atoms with Crippen molar-refractivity contribution in [1.82, 2.24) is 4.90 Å². The predicted octanol–water partition coefficient (Wildman–Crippen LogP) is 3.81. The number of carbonyl (C=O) groups excluding carboxylic acids is 3. The fourth-order valence-electron chi connectivity index (χ4n) is 5.04. The van der Waals surface area contributed by atoms with Gasteiger partial charge in [-0.2, -0.15) is 8.78 Å². The molecule has 1 saturated heterocycles. The highest BCUT2D eigenvalue weighted by molar-refractivity contribution is 6.10. The van der Waals surface area contributed by atoms with Crippen LogP contribution in [0.5, 0.6) is 0 Å². The zero-order valence-electron chi connectivity index (χ0n) is 17.6. The first kappa shape index (κ1) is 22.1. The molecule has 0 unspecified atom stereocenters. The number of amides is 1. The summed E-state index contributed by atoms with van der Waals surface area (Å²) in [6.07, 6.45) is -1.24. The molecule has 4 nitrogen and oxygen atoms in total. The van der Waals surface area contributed by atoms with Crippen LogP contribution in [0.3, 0.4) is 0 Å². The minimum absolute atomic E-state index is 0.0668. The molecule has 0 aromatic heterocycles. The van der Waals surface area contributed by atoms with E-state index in [0.717, 1.165) is 22.3 Å². The first-order valence-electron chi connectivity index (χ1n) is 10.4. The van der Waals surface area contributed by atoms with E-state index in [1.165, 1.54) is 4.90 Å². The van der Waals surface area contributed by atoms with Crippen LogP contribution in [0, 0.1) is 37.5 Å². The van der Waals surface area contributed by atoms with Crippen molar-refractivity contribution in [3.63, 3.8) is 0 Å². The van der Waals surface area contributed by atoms with Crippen LogP contribution in [0.15, 0.2) is 12.1 Å². The summed E-state index contributed by atoms with van der Waals surface area (Å²) in [5.41, 5.74) is 3.46. The highest BCUT2D eigenvalue weighted by Gasteiger charge is 2.41. The fourth-order valence-corrected chi connectivity index (χ4v) is 5.04. The third-order valence-electron chi connectivity index (χ3n) is 6.43. The molecule has 6 heteroatoms. The summed E-state index contributed by atoms with van der Waals surface area (Å²) in [7, 11) is 0. The van der Waals surface area contributed by atoms with Gasteiger partial charge in [-0.05, 0) is 74.3 Å². The first-order valence-corrected chi connectivity index (χ1v) is 10.4. The lowest BCUT2D eigenvalue weighted by Gasteiger charge is -2.38. The van der Waals surface area contributed by atoms with Crippen LogP contribution >= 0.6 is 0 Å². The lowest BCUT2D eigenvalue weighted by molar-refractivity contribution is -0.145. The number of rotatable bonds is 3. The van der Waals surface area contributed by atoms with E-state index in [2.05, 4.69) is 11.8 Å². The summed E-state index contributed by atoms with van der Waals surface area (Å²) in [6, 6.07) is 3.84. The molecule has 0 radical (unpaired) electrons. The largest absolute Gasteiger partial charge is 0.338 e.